The molecule has 22 rings (SSSR count). The van der Waals surface area contributed by atoms with Gasteiger partial charge in [0.25, 0.3) is 0 Å². The maximum Gasteiger partial charge on any atom is 0.187 e. The van der Waals surface area contributed by atoms with Crippen molar-refractivity contribution >= 4 is 22.6 Å². The largest absolute Gasteiger partial charge is 0.394 e. The van der Waals surface area contributed by atoms with Crippen LogP contribution in [0.5, 0.6) is 0 Å². The molecule has 0 aromatic carbocycles. The van der Waals surface area contributed by atoms with E-state index in [0.29, 0.717) is 0 Å². The molecule has 22 heterocycles. The molecule has 1 aromatic heterocycles. The van der Waals surface area contributed by atoms with Gasteiger partial charge in [0.2, 0.25) is 0 Å². The summed E-state index contributed by atoms with van der Waals surface area (Å²) in [6.45, 7) is -5.31. The second-order valence-electron chi connectivity index (χ2n) is 20.7. The highest BCUT2D eigenvalue weighted by Gasteiger charge is 2.59. The van der Waals surface area contributed by atoms with Crippen LogP contribution in [0.15, 0.2) is 18.7 Å². The molecular formula is C45H71IN2O33. The second kappa shape index (κ2) is 27.3. The van der Waals surface area contributed by atoms with Crippen LogP contribution in [0.4, 0.5) is 0 Å². The van der Waals surface area contributed by atoms with Crippen LogP contribution in [0.1, 0.15) is 0 Å². The van der Waals surface area contributed by atoms with E-state index in [4.69, 9.17) is 66.3 Å². The third-order valence-corrected chi connectivity index (χ3v) is 16.4. The highest BCUT2D eigenvalue weighted by Crippen LogP contribution is 2.39. The molecule has 21 fully saturated rings. The number of aliphatic hydroxyl groups is 19. The Morgan fingerprint density at radius 2 is 0.506 bits per heavy atom. The monoisotopic (exact) mass is 1290 g/mol. The summed E-state index contributed by atoms with van der Waals surface area (Å²) in [5.74, 6) is 0. The summed E-state index contributed by atoms with van der Waals surface area (Å²) in [5, 5.41) is 213. The van der Waals surface area contributed by atoms with Gasteiger partial charge in [-0.3, -0.25) is 0 Å². The summed E-state index contributed by atoms with van der Waals surface area (Å²) in [7, 11) is 0. The number of alkyl halides is 1. The zero-order valence-electron chi connectivity index (χ0n) is 42.4. The van der Waals surface area contributed by atoms with Crippen molar-refractivity contribution < 1.29 is 163 Å². The Bertz CT molecular complexity index is 2090. The molecule has 466 valence electrons. The van der Waals surface area contributed by atoms with Crippen LogP contribution >= 0.6 is 22.6 Å². The molecule has 0 radical (unpaired) electrons. The van der Waals surface area contributed by atoms with Crippen molar-refractivity contribution in [2.45, 2.75) is 221 Å². The summed E-state index contributed by atoms with van der Waals surface area (Å²) >= 11 is 1.83. The van der Waals surface area contributed by atoms with E-state index in [1.807, 2.05) is 22.6 Å². The Kier molecular flexibility index (Phi) is 21.6. The van der Waals surface area contributed by atoms with Gasteiger partial charge in [0.15, 0.2) is 44.0 Å². The third-order valence-electron chi connectivity index (χ3n) is 15.5. The molecule has 0 aliphatic carbocycles. The fourth-order valence-corrected chi connectivity index (χ4v) is 11.7. The number of imidazole rings is 1. The van der Waals surface area contributed by atoms with Crippen LogP contribution in [0.25, 0.3) is 0 Å². The summed E-state index contributed by atoms with van der Waals surface area (Å²) in [6, 6.07) is 0. The van der Waals surface area contributed by atoms with Gasteiger partial charge in [0.05, 0.1) is 52.0 Å². The molecule has 0 amide bonds. The molecule has 0 unspecified atom stereocenters. The average Bonchev–Trinajstić information content (AvgIpc) is 4.07. The maximum absolute atomic E-state index is 11.8. The van der Waals surface area contributed by atoms with Crippen molar-refractivity contribution in [3.05, 3.63) is 18.7 Å². The number of aromatic nitrogens is 2. The first-order valence-electron chi connectivity index (χ1n) is 25.9. The fraction of sp³-hybridized carbons (Fsp3) is 0.933. The lowest BCUT2D eigenvalue weighted by Gasteiger charge is -2.50. The molecule has 21 aliphatic rings. The molecule has 14 bridgehead atoms. The summed E-state index contributed by atoms with van der Waals surface area (Å²) < 4.78 is 83.2. The van der Waals surface area contributed by atoms with Crippen LogP contribution in [0.2, 0.25) is 0 Å². The minimum absolute atomic E-state index is 0.0539. The van der Waals surface area contributed by atoms with E-state index in [0.717, 1.165) is 0 Å². The lowest BCUT2D eigenvalue weighted by atomic mass is 9.95. The van der Waals surface area contributed by atoms with E-state index in [1.54, 1.807) is 0 Å². The number of hydrogen-bond donors (Lipinski definition) is 19. The summed E-state index contributed by atoms with van der Waals surface area (Å²) in [6.07, 6.45) is -63.0. The Balaban J connectivity index is 1.01. The predicted molar refractivity (Wildman–Crippen MR) is 255 cm³/mol. The molecule has 0 saturated carbocycles. The fourth-order valence-electron chi connectivity index (χ4n) is 11.0. The normalized spacial score (nSPS) is 53.2. The standard InChI is InChI=1S/C45H71IN2O33/c46-3-11-32-18(54)25(61)39(68-11)77-34-13(5-49)71-42(28(64)21(34)57)79-36-15(7-51)73-44(30(66)23(36)59)81-38-17(9-53)74-45(31(67)24(38)60)80-37-16(8-52)72-43(29(65)22(37)58)78-35-14(6-50)70-41(27(63)20(35)56)76-33-12(4-48-2-1-47-10-48)69-40(75-32)26(62)19(33)55/h1-2,10-45,49-67H,3-9H2/t11-,12-,13-,14-,15-,16-,17-,18-,19-,20-,21-,22-,23-,24-,25-,26-,27-,28-,29-,30-,31-,32-,33-,34-,35-,36-,37-,38-,39-,40-,41-,42-,43-,44-,45-/m1/s1. The Hall–Kier alpha value is -1.38. The van der Waals surface area contributed by atoms with Gasteiger partial charge in [0, 0.05) is 16.8 Å². The minimum Gasteiger partial charge on any atom is -0.394 e. The molecular weight excluding hydrogens is 1220 g/mol. The van der Waals surface area contributed by atoms with E-state index < -0.39 is 248 Å². The van der Waals surface area contributed by atoms with Crippen molar-refractivity contribution in [1.29, 1.82) is 0 Å². The van der Waals surface area contributed by atoms with Crippen molar-refractivity contribution in [2.75, 3.05) is 37.5 Å². The highest BCUT2D eigenvalue weighted by atomic mass is 127. The molecule has 35 nitrogen and oxygen atoms in total. The van der Waals surface area contributed by atoms with Gasteiger partial charge >= 0.3 is 0 Å². The number of hydrogen-bond acceptors (Lipinski definition) is 34. The van der Waals surface area contributed by atoms with Crippen LogP contribution in [-0.4, -0.2) is 359 Å². The summed E-state index contributed by atoms with van der Waals surface area (Å²) in [5.41, 5.74) is 0. The SMILES string of the molecule is OC[C@H]1O[C@@H]2O[C@H]3[C@H](O)[C@@H](O)[C@@H](O[C@H]4[C@H](O)[C@@H](O)[C@@H](O[C@H]5[C@H](O)[C@@H](O)[C@@H](O[C@H]6[C@H](O)[C@@H](O)[C@@H](O[C@H]7[C@H](O)[C@@H](O)[C@@H](O[C@H]8[C@H](O)[C@@H](O)[C@@H](O[C@H]1[C@H](O)[C@H]2O)O[C@@H]8CO)O[C@@H]7CO)O[C@@H]6CI)O[C@@H]5Cn1ccnc1)O[C@@H]4CO)O[C@@H]3CO. The van der Waals surface area contributed by atoms with Gasteiger partial charge in [-0.25, -0.2) is 4.98 Å². The van der Waals surface area contributed by atoms with E-state index >= 15 is 0 Å². The first kappa shape index (κ1) is 64.1. The number of aliphatic hydroxyl groups excluding tert-OH is 19. The lowest BCUT2D eigenvalue weighted by molar-refractivity contribution is -0.396. The van der Waals surface area contributed by atoms with E-state index in [2.05, 4.69) is 4.98 Å². The highest BCUT2D eigenvalue weighted by molar-refractivity contribution is 14.1. The van der Waals surface area contributed by atoms with Crippen LogP contribution < -0.4 is 0 Å². The quantitative estimate of drug-likeness (QED) is 0.0849. The van der Waals surface area contributed by atoms with Crippen LogP contribution in [0, 0.1) is 0 Å². The molecule has 21 aliphatic heterocycles. The molecule has 35 atom stereocenters. The molecule has 81 heavy (non-hydrogen) atoms. The average molecular weight is 1290 g/mol. The third kappa shape index (κ3) is 12.8. The number of rotatable bonds is 8. The van der Waals surface area contributed by atoms with Gasteiger partial charge in [-0.2, -0.15) is 0 Å². The van der Waals surface area contributed by atoms with Gasteiger partial charge in [-0.15, -0.1) is 0 Å². The molecule has 0 spiro atoms. The lowest BCUT2D eigenvalue weighted by Crippen LogP contribution is -2.68. The van der Waals surface area contributed by atoms with Gasteiger partial charge < -0.3 is 168 Å². The molecule has 1 aromatic rings. The zero-order valence-corrected chi connectivity index (χ0v) is 44.5. The van der Waals surface area contributed by atoms with Crippen LogP contribution in [-0.2, 0) is 72.9 Å². The second-order valence-corrected chi connectivity index (χ2v) is 21.6. The summed E-state index contributed by atoms with van der Waals surface area (Å²) in [4.78, 5) is 3.99. The number of ether oxygens (including phenoxy) is 14. The number of halogens is 1. The topological polar surface area (TPSA) is 531 Å². The zero-order chi connectivity index (χ0) is 58.5. The van der Waals surface area contributed by atoms with Gasteiger partial charge in [0.1, 0.15) is 165 Å². The van der Waals surface area contributed by atoms with E-state index in [-0.39, 0.29) is 11.0 Å². The first-order chi connectivity index (χ1) is 38.7. The van der Waals surface area contributed by atoms with E-state index in [9.17, 15) is 97.0 Å². The predicted octanol–water partition coefficient (Wildman–Crippen LogP) is -12.9. The van der Waals surface area contributed by atoms with Crippen molar-refractivity contribution in [2.24, 2.45) is 0 Å². The smallest absolute Gasteiger partial charge is 0.187 e. The molecule has 36 heteroatoms. The van der Waals surface area contributed by atoms with E-state index in [1.165, 1.54) is 23.3 Å². The Morgan fingerprint density at radius 1 is 0.296 bits per heavy atom. The number of nitrogens with zero attached hydrogens (tertiary/aromatic N) is 2. The minimum atomic E-state index is -2.19. The maximum atomic E-state index is 11.8. The Morgan fingerprint density at radius 3 is 0.716 bits per heavy atom. The van der Waals surface area contributed by atoms with Crippen LogP contribution in [0.3, 0.4) is 0 Å². The molecule has 19 N–H and O–H groups in total. The van der Waals surface area contributed by atoms with Crippen molar-refractivity contribution in [1.82, 2.24) is 9.55 Å². The Labute approximate surface area is 471 Å². The molecule has 21 saturated heterocycles. The van der Waals surface area contributed by atoms with Gasteiger partial charge in [-0.1, -0.05) is 22.6 Å². The van der Waals surface area contributed by atoms with Crippen molar-refractivity contribution in [3.63, 3.8) is 0 Å². The van der Waals surface area contributed by atoms with Crippen molar-refractivity contribution in [3.8, 4) is 0 Å². The first-order valence-corrected chi connectivity index (χ1v) is 27.5. The van der Waals surface area contributed by atoms with Gasteiger partial charge in [-0.05, 0) is 0 Å².